The predicted molar refractivity (Wildman–Crippen MR) is 70.0 cm³/mol. The topological polar surface area (TPSA) is 75.2 Å². The summed E-state index contributed by atoms with van der Waals surface area (Å²) in [6, 6.07) is 7.20. The minimum absolute atomic E-state index is 0.0955. The lowest BCUT2D eigenvalue weighted by Gasteiger charge is -2.11. The molecule has 0 amide bonds. The number of hydrogen-bond donors (Lipinski definition) is 1. The molecule has 0 aliphatic heterocycles. The lowest BCUT2D eigenvalue weighted by atomic mass is 10.3. The van der Waals surface area contributed by atoms with Crippen LogP contribution in [0.1, 0.15) is 0 Å². The molecule has 6 nitrogen and oxygen atoms in total. The SMILES string of the molecule is CN(C)S(=O)(=O)CCn1c(=O)[nH]c2ccccc21. The van der Waals surface area contributed by atoms with Gasteiger partial charge in [0.1, 0.15) is 0 Å². The minimum atomic E-state index is -3.30. The number of hydrogen-bond acceptors (Lipinski definition) is 3. The van der Waals surface area contributed by atoms with Crippen LogP contribution in [0.15, 0.2) is 29.1 Å². The van der Waals surface area contributed by atoms with E-state index in [1.165, 1.54) is 18.7 Å². The van der Waals surface area contributed by atoms with E-state index in [0.29, 0.717) is 5.52 Å². The molecule has 0 fully saturated rings. The summed E-state index contributed by atoms with van der Waals surface area (Å²) in [6.45, 7) is 0.142. The highest BCUT2D eigenvalue weighted by molar-refractivity contribution is 7.89. The Labute approximate surface area is 105 Å². The van der Waals surface area contributed by atoms with Crippen LogP contribution in [0, 0.1) is 0 Å². The number of nitrogens with one attached hydrogen (secondary N) is 1. The zero-order valence-corrected chi connectivity index (χ0v) is 11.1. The summed E-state index contributed by atoms with van der Waals surface area (Å²) < 4.78 is 25.9. The van der Waals surface area contributed by atoms with E-state index >= 15 is 0 Å². The first-order valence-corrected chi connectivity index (χ1v) is 7.10. The van der Waals surface area contributed by atoms with Gasteiger partial charge >= 0.3 is 5.69 Å². The van der Waals surface area contributed by atoms with Crippen LogP contribution in [0.4, 0.5) is 0 Å². The van der Waals surface area contributed by atoms with E-state index in [9.17, 15) is 13.2 Å². The van der Waals surface area contributed by atoms with Gasteiger partial charge < -0.3 is 4.98 Å². The first kappa shape index (κ1) is 12.8. The summed E-state index contributed by atoms with van der Waals surface area (Å²) >= 11 is 0. The number of aryl methyl sites for hydroxylation is 1. The fraction of sp³-hybridized carbons (Fsp3) is 0.364. The van der Waals surface area contributed by atoms with Crippen molar-refractivity contribution < 1.29 is 8.42 Å². The third-order valence-corrected chi connectivity index (χ3v) is 4.62. The maximum atomic E-state index is 11.7. The lowest BCUT2D eigenvalue weighted by molar-refractivity contribution is 0.515. The summed E-state index contributed by atoms with van der Waals surface area (Å²) in [5, 5.41) is 0. The van der Waals surface area contributed by atoms with E-state index in [2.05, 4.69) is 4.98 Å². The molecule has 1 aromatic carbocycles. The number of nitrogens with zero attached hydrogens (tertiary/aromatic N) is 2. The summed E-state index contributed by atoms with van der Waals surface area (Å²) in [5.41, 5.74) is 1.14. The average Bonchev–Trinajstić information content (AvgIpc) is 2.62. The Hall–Kier alpha value is -1.60. The summed E-state index contributed by atoms with van der Waals surface area (Å²) in [4.78, 5) is 14.4. The molecule has 2 aromatic rings. The van der Waals surface area contributed by atoms with Crippen molar-refractivity contribution in [2.45, 2.75) is 6.54 Å². The Balaban J connectivity index is 2.33. The van der Waals surface area contributed by atoms with Crippen LogP contribution in [0.3, 0.4) is 0 Å². The van der Waals surface area contributed by atoms with Crippen LogP contribution in [-0.4, -0.2) is 42.1 Å². The van der Waals surface area contributed by atoms with Crippen LogP contribution in [-0.2, 0) is 16.6 Å². The fourth-order valence-corrected chi connectivity index (χ4v) is 2.50. The van der Waals surface area contributed by atoms with Crippen LogP contribution in [0.25, 0.3) is 11.0 Å². The second-order valence-corrected chi connectivity index (χ2v) is 6.50. The summed E-state index contributed by atoms with van der Waals surface area (Å²) in [5.74, 6) is -0.0955. The zero-order chi connectivity index (χ0) is 13.3. The van der Waals surface area contributed by atoms with Gasteiger partial charge in [0.05, 0.1) is 16.8 Å². The number of aromatic nitrogens is 2. The smallest absolute Gasteiger partial charge is 0.306 e. The number of para-hydroxylation sites is 2. The van der Waals surface area contributed by atoms with Gasteiger partial charge in [-0.15, -0.1) is 0 Å². The van der Waals surface area contributed by atoms with E-state index in [-0.39, 0.29) is 18.0 Å². The molecule has 0 aliphatic carbocycles. The van der Waals surface area contributed by atoms with Crippen molar-refractivity contribution >= 4 is 21.1 Å². The normalized spacial score (nSPS) is 12.4. The van der Waals surface area contributed by atoms with Crippen molar-refractivity contribution in [3.63, 3.8) is 0 Å². The number of fused-ring (bicyclic) bond motifs is 1. The molecule has 0 radical (unpaired) electrons. The fourth-order valence-electron chi connectivity index (χ4n) is 1.72. The highest BCUT2D eigenvalue weighted by atomic mass is 32.2. The molecule has 0 atom stereocenters. The predicted octanol–water partition coefficient (Wildman–Crippen LogP) is 0.221. The molecule has 7 heteroatoms. The van der Waals surface area contributed by atoms with Crippen molar-refractivity contribution in [1.29, 1.82) is 0 Å². The number of rotatable bonds is 4. The molecule has 0 saturated carbocycles. The van der Waals surface area contributed by atoms with Gasteiger partial charge in [0.15, 0.2) is 0 Å². The number of H-pyrrole nitrogens is 1. The molecule has 0 unspecified atom stereocenters. The highest BCUT2D eigenvalue weighted by Gasteiger charge is 2.15. The van der Waals surface area contributed by atoms with Gasteiger partial charge in [-0.3, -0.25) is 4.57 Å². The molecule has 0 aliphatic rings. The first-order valence-electron chi connectivity index (χ1n) is 5.49. The van der Waals surface area contributed by atoms with Crippen molar-refractivity contribution in [2.75, 3.05) is 19.8 Å². The maximum Gasteiger partial charge on any atom is 0.326 e. The van der Waals surface area contributed by atoms with Gasteiger partial charge in [-0.05, 0) is 12.1 Å². The molecule has 98 valence electrons. The number of aromatic amines is 1. The first-order chi connectivity index (χ1) is 8.42. The van der Waals surface area contributed by atoms with E-state index in [1.807, 2.05) is 12.1 Å². The maximum absolute atomic E-state index is 11.7. The number of benzene rings is 1. The van der Waals surface area contributed by atoms with Crippen LogP contribution < -0.4 is 5.69 Å². The monoisotopic (exact) mass is 269 g/mol. The molecule has 2 rings (SSSR count). The standard InChI is InChI=1S/C11H15N3O3S/c1-13(2)18(16,17)8-7-14-10-6-4-3-5-9(10)12-11(14)15/h3-6H,7-8H2,1-2H3,(H,12,15). The van der Waals surface area contributed by atoms with Crippen molar-refractivity contribution in [3.8, 4) is 0 Å². The Kier molecular flexibility index (Phi) is 3.27. The highest BCUT2D eigenvalue weighted by Crippen LogP contribution is 2.09. The molecule has 1 aromatic heterocycles. The Morgan fingerprint density at radius 2 is 1.94 bits per heavy atom. The molecular weight excluding hydrogens is 254 g/mol. The number of imidazole rings is 1. The Bertz CT molecular complexity index is 712. The molecule has 0 spiro atoms. The van der Waals surface area contributed by atoms with Gasteiger partial charge in [-0.25, -0.2) is 17.5 Å². The van der Waals surface area contributed by atoms with E-state index < -0.39 is 10.0 Å². The Morgan fingerprint density at radius 3 is 2.61 bits per heavy atom. The van der Waals surface area contributed by atoms with Crippen molar-refractivity contribution in [3.05, 3.63) is 34.7 Å². The van der Waals surface area contributed by atoms with E-state index in [1.54, 1.807) is 12.1 Å². The molecule has 18 heavy (non-hydrogen) atoms. The number of sulfonamides is 1. The molecular formula is C11H15N3O3S. The largest absolute Gasteiger partial charge is 0.326 e. The van der Waals surface area contributed by atoms with Gasteiger partial charge in [0.25, 0.3) is 0 Å². The molecule has 1 heterocycles. The molecule has 0 saturated heterocycles. The van der Waals surface area contributed by atoms with Crippen molar-refractivity contribution in [1.82, 2.24) is 13.9 Å². The quantitative estimate of drug-likeness (QED) is 0.862. The summed E-state index contributed by atoms with van der Waals surface area (Å²) in [6.07, 6.45) is 0. The van der Waals surface area contributed by atoms with E-state index in [0.717, 1.165) is 9.82 Å². The third kappa shape index (κ3) is 2.32. The van der Waals surface area contributed by atoms with Gasteiger partial charge in [0, 0.05) is 20.6 Å². The minimum Gasteiger partial charge on any atom is -0.306 e. The molecule has 1 N–H and O–H groups in total. The second-order valence-electron chi connectivity index (χ2n) is 4.20. The van der Waals surface area contributed by atoms with Crippen molar-refractivity contribution in [2.24, 2.45) is 0 Å². The van der Waals surface area contributed by atoms with Gasteiger partial charge in [-0.1, -0.05) is 12.1 Å². The van der Waals surface area contributed by atoms with Gasteiger partial charge in [0.2, 0.25) is 10.0 Å². The van der Waals surface area contributed by atoms with Crippen LogP contribution >= 0.6 is 0 Å². The van der Waals surface area contributed by atoms with E-state index in [4.69, 9.17) is 0 Å². The van der Waals surface area contributed by atoms with Gasteiger partial charge in [-0.2, -0.15) is 0 Å². The lowest BCUT2D eigenvalue weighted by Crippen LogP contribution is -2.29. The van der Waals surface area contributed by atoms with Crippen LogP contribution in [0.2, 0.25) is 0 Å². The summed E-state index contributed by atoms with van der Waals surface area (Å²) in [7, 11) is -0.341. The zero-order valence-electron chi connectivity index (χ0n) is 10.3. The molecule has 0 bridgehead atoms. The average molecular weight is 269 g/mol. The Morgan fingerprint density at radius 1 is 1.28 bits per heavy atom. The third-order valence-electron chi connectivity index (χ3n) is 2.81. The van der Waals surface area contributed by atoms with Crippen LogP contribution in [0.5, 0.6) is 0 Å². The second kappa shape index (κ2) is 4.58.